The number of unbranched alkanes of at least 4 members (excludes halogenated alkanes) is 1. The molecule has 0 saturated heterocycles. The number of carbonyl (C=O) groups is 2. The Labute approximate surface area is 122 Å². The second-order valence-corrected chi connectivity index (χ2v) is 5.08. The first-order valence-electron chi connectivity index (χ1n) is 7.32. The summed E-state index contributed by atoms with van der Waals surface area (Å²) in [5.74, 6) is -0.396. The number of carboxylic acid groups (broad SMARTS) is 1. The molecule has 116 valence electrons. The first-order chi connectivity index (χ1) is 9.51. The molecule has 5 heteroatoms. The average Bonchev–Trinajstić information content (AvgIpc) is 2.42. The summed E-state index contributed by atoms with van der Waals surface area (Å²) in [7, 11) is 1.78. The van der Waals surface area contributed by atoms with Crippen molar-refractivity contribution in [1.29, 1.82) is 0 Å². The van der Waals surface area contributed by atoms with Gasteiger partial charge in [0.15, 0.2) is 0 Å². The number of hydrogen-bond donors (Lipinski definition) is 2. The summed E-state index contributed by atoms with van der Waals surface area (Å²) >= 11 is 0. The van der Waals surface area contributed by atoms with Crippen LogP contribution in [-0.2, 0) is 4.79 Å². The predicted octanol–water partition coefficient (Wildman–Crippen LogP) is 2.88. The van der Waals surface area contributed by atoms with Gasteiger partial charge in [-0.2, -0.15) is 0 Å². The number of carbonyl (C=O) groups excluding carboxylic acids is 1. The van der Waals surface area contributed by atoms with Crippen LogP contribution in [-0.4, -0.2) is 42.1 Å². The molecular formula is C15H28N2O3. The Bertz CT molecular complexity index is 305. The maximum absolute atomic E-state index is 11.8. The van der Waals surface area contributed by atoms with Crippen molar-refractivity contribution in [2.24, 2.45) is 5.92 Å². The molecule has 0 saturated carbocycles. The number of amides is 2. The van der Waals surface area contributed by atoms with Crippen LogP contribution in [0.15, 0.2) is 12.7 Å². The zero-order valence-electron chi connectivity index (χ0n) is 12.7. The van der Waals surface area contributed by atoms with Crippen LogP contribution in [0, 0.1) is 5.92 Å². The van der Waals surface area contributed by atoms with E-state index in [0.29, 0.717) is 25.4 Å². The van der Waals surface area contributed by atoms with Crippen LogP contribution in [0.1, 0.15) is 45.4 Å². The van der Waals surface area contributed by atoms with E-state index in [9.17, 15) is 9.59 Å². The maximum Gasteiger partial charge on any atom is 0.317 e. The van der Waals surface area contributed by atoms with Crippen LogP contribution in [0.3, 0.4) is 0 Å². The van der Waals surface area contributed by atoms with E-state index in [1.807, 2.05) is 6.08 Å². The minimum atomic E-state index is -0.755. The van der Waals surface area contributed by atoms with Gasteiger partial charge in [0, 0.05) is 26.6 Å². The molecule has 2 amide bonds. The van der Waals surface area contributed by atoms with Gasteiger partial charge < -0.3 is 15.3 Å². The van der Waals surface area contributed by atoms with Crippen molar-refractivity contribution in [2.75, 3.05) is 20.1 Å². The first-order valence-corrected chi connectivity index (χ1v) is 7.32. The molecule has 0 fully saturated rings. The number of aliphatic carboxylic acids is 1. The van der Waals surface area contributed by atoms with E-state index in [-0.39, 0.29) is 12.5 Å². The van der Waals surface area contributed by atoms with Gasteiger partial charge in [-0.1, -0.05) is 19.4 Å². The van der Waals surface area contributed by atoms with Crippen LogP contribution in [0.5, 0.6) is 0 Å². The highest BCUT2D eigenvalue weighted by Gasteiger charge is 2.11. The van der Waals surface area contributed by atoms with Gasteiger partial charge in [0.25, 0.3) is 0 Å². The van der Waals surface area contributed by atoms with E-state index in [1.165, 1.54) is 0 Å². The number of hydrogen-bond acceptors (Lipinski definition) is 2. The highest BCUT2D eigenvalue weighted by molar-refractivity contribution is 5.73. The molecule has 0 aliphatic heterocycles. The lowest BCUT2D eigenvalue weighted by Crippen LogP contribution is -2.38. The molecule has 0 spiro atoms. The first kappa shape index (κ1) is 18.5. The molecule has 0 bridgehead atoms. The fourth-order valence-corrected chi connectivity index (χ4v) is 1.97. The van der Waals surface area contributed by atoms with E-state index in [4.69, 9.17) is 5.11 Å². The molecular weight excluding hydrogens is 256 g/mol. The Morgan fingerprint density at radius 3 is 2.65 bits per heavy atom. The molecule has 0 heterocycles. The van der Waals surface area contributed by atoms with Crippen LogP contribution < -0.4 is 5.32 Å². The summed E-state index contributed by atoms with van der Waals surface area (Å²) in [6.07, 6.45) is 6.33. The van der Waals surface area contributed by atoms with Crippen molar-refractivity contribution in [3.8, 4) is 0 Å². The Morgan fingerprint density at radius 2 is 2.10 bits per heavy atom. The molecule has 0 aromatic rings. The van der Waals surface area contributed by atoms with Crippen LogP contribution in [0.25, 0.3) is 0 Å². The summed E-state index contributed by atoms with van der Waals surface area (Å²) in [6.45, 7) is 7.02. The Hall–Kier alpha value is -1.52. The van der Waals surface area contributed by atoms with Crippen molar-refractivity contribution in [3.63, 3.8) is 0 Å². The second kappa shape index (κ2) is 11.3. The van der Waals surface area contributed by atoms with Crippen molar-refractivity contribution in [3.05, 3.63) is 12.7 Å². The Balaban J connectivity index is 3.81. The van der Waals surface area contributed by atoms with Crippen molar-refractivity contribution in [1.82, 2.24) is 10.2 Å². The van der Waals surface area contributed by atoms with Gasteiger partial charge in [-0.05, 0) is 31.6 Å². The van der Waals surface area contributed by atoms with Gasteiger partial charge in [-0.15, -0.1) is 6.58 Å². The van der Waals surface area contributed by atoms with Gasteiger partial charge >= 0.3 is 12.0 Å². The van der Waals surface area contributed by atoms with E-state index < -0.39 is 5.97 Å². The molecule has 5 nitrogen and oxygen atoms in total. The Morgan fingerprint density at radius 1 is 1.40 bits per heavy atom. The third-order valence-electron chi connectivity index (χ3n) is 3.42. The summed E-state index contributed by atoms with van der Waals surface area (Å²) in [5, 5.41) is 11.5. The van der Waals surface area contributed by atoms with E-state index in [2.05, 4.69) is 18.8 Å². The molecule has 0 aliphatic carbocycles. The number of urea groups is 1. The topological polar surface area (TPSA) is 69.6 Å². The SMILES string of the molecule is C=CCCCN(C)C(=O)NCCC(CC)CCC(=O)O. The fraction of sp³-hybridized carbons (Fsp3) is 0.733. The monoisotopic (exact) mass is 284 g/mol. The normalized spacial score (nSPS) is 11.7. The average molecular weight is 284 g/mol. The van der Waals surface area contributed by atoms with Gasteiger partial charge in [0.05, 0.1) is 0 Å². The van der Waals surface area contributed by atoms with Gasteiger partial charge in [0.1, 0.15) is 0 Å². The summed E-state index contributed by atoms with van der Waals surface area (Å²) in [4.78, 5) is 24.0. The summed E-state index contributed by atoms with van der Waals surface area (Å²) in [6, 6.07) is -0.0675. The van der Waals surface area contributed by atoms with Gasteiger partial charge in [-0.25, -0.2) is 4.79 Å². The molecule has 0 aliphatic rings. The fourth-order valence-electron chi connectivity index (χ4n) is 1.97. The van der Waals surface area contributed by atoms with Gasteiger partial charge in [-0.3, -0.25) is 4.79 Å². The third kappa shape index (κ3) is 9.42. The third-order valence-corrected chi connectivity index (χ3v) is 3.42. The van der Waals surface area contributed by atoms with Crippen LogP contribution in [0.2, 0.25) is 0 Å². The molecule has 0 aromatic carbocycles. The van der Waals surface area contributed by atoms with Crippen molar-refractivity contribution in [2.45, 2.75) is 45.4 Å². The van der Waals surface area contributed by atoms with E-state index >= 15 is 0 Å². The van der Waals surface area contributed by atoms with Crippen molar-refractivity contribution >= 4 is 12.0 Å². The molecule has 0 radical (unpaired) electrons. The molecule has 20 heavy (non-hydrogen) atoms. The molecule has 1 atom stereocenters. The standard InChI is InChI=1S/C15H28N2O3/c1-4-6-7-12-17(3)15(20)16-11-10-13(5-2)8-9-14(18)19/h4,13H,1,5-12H2,2-3H3,(H,16,20)(H,18,19). The predicted molar refractivity (Wildman–Crippen MR) is 80.7 cm³/mol. The number of nitrogens with one attached hydrogen (secondary N) is 1. The largest absolute Gasteiger partial charge is 0.481 e. The summed E-state index contributed by atoms with van der Waals surface area (Å²) in [5.41, 5.74) is 0. The molecule has 1 unspecified atom stereocenters. The highest BCUT2D eigenvalue weighted by atomic mass is 16.4. The number of rotatable bonds is 11. The number of allylic oxidation sites excluding steroid dienone is 1. The minimum absolute atomic E-state index is 0.0675. The zero-order chi connectivity index (χ0) is 15.4. The van der Waals surface area contributed by atoms with Crippen LogP contribution >= 0.6 is 0 Å². The van der Waals surface area contributed by atoms with Crippen LogP contribution in [0.4, 0.5) is 4.79 Å². The smallest absolute Gasteiger partial charge is 0.317 e. The quantitative estimate of drug-likeness (QED) is 0.453. The number of carboxylic acids is 1. The summed E-state index contributed by atoms with van der Waals surface area (Å²) < 4.78 is 0. The van der Waals surface area contributed by atoms with Gasteiger partial charge in [0.2, 0.25) is 0 Å². The lowest BCUT2D eigenvalue weighted by Gasteiger charge is -2.19. The Kier molecular flexibility index (Phi) is 10.5. The lowest BCUT2D eigenvalue weighted by atomic mass is 9.97. The lowest BCUT2D eigenvalue weighted by molar-refractivity contribution is -0.137. The minimum Gasteiger partial charge on any atom is -0.481 e. The molecule has 0 aromatic heterocycles. The molecule has 0 rings (SSSR count). The maximum atomic E-state index is 11.8. The second-order valence-electron chi connectivity index (χ2n) is 5.08. The number of nitrogens with zero attached hydrogens (tertiary/aromatic N) is 1. The van der Waals surface area contributed by atoms with E-state index in [1.54, 1.807) is 11.9 Å². The molecule has 2 N–H and O–H groups in total. The van der Waals surface area contributed by atoms with Crippen molar-refractivity contribution < 1.29 is 14.7 Å². The zero-order valence-corrected chi connectivity index (χ0v) is 12.7. The van der Waals surface area contributed by atoms with E-state index in [0.717, 1.165) is 25.7 Å². The highest BCUT2D eigenvalue weighted by Crippen LogP contribution is 2.14.